The molecular formula is C65H56N5OPt-3. The molecule has 360 valence electrons. The Kier molecular flexibility index (Phi) is 9.05. The Labute approximate surface area is 449 Å². The molecule has 1 aliphatic rings. The second-order valence-electron chi connectivity index (χ2n) is 20.6. The third kappa shape index (κ3) is 7.97. The second-order valence-corrected chi connectivity index (χ2v) is 20.6. The maximum Gasteiger partial charge on any atom is 0.135 e. The van der Waals surface area contributed by atoms with E-state index in [1.807, 2.05) is 131 Å². The molecule has 0 atom stereocenters. The largest absolute Gasteiger partial charge is 0.509 e. The average Bonchev–Trinajstić information content (AvgIpc) is 4.19. The van der Waals surface area contributed by atoms with Gasteiger partial charge < -0.3 is 18.8 Å². The Balaban J connectivity index is 0.00000690. The van der Waals surface area contributed by atoms with E-state index in [9.17, 15) is 0 Å². The molecule has 11 aromatic rings. The van der Waals surface area contributed by atoms with Crippen molar-refractivity contribution in [3.63, 3.8) is 0 Å². The summed E-state index contributed by atoms with van der Waals surface area (Å²) in [6, 6.07) is 56.4. The van der Waals surface area contributed by atoms with Crippen molar-refractivity contribution in [2.24, 2.45) is 0 Å². The summed E-state index contributed by atoms with van der Waals surface area (Å²) in [5.41, 5.74) is 3.16. The Bertz CT molecular complexity index is 4350. The fraction of sp³-hybridized carbons (Fsp3) is 0.185. The van der Waals surface area contributed by atoms with Crippen LogP contribution in [0.1, 0.15) is 91.1 Å². The van der Waals surface area contributed by atoms with Gasteiger partial charge in [-0.1, -0.05) is 164 Å². The number of para-hydroxylation sites is 3. The molecule has 7 heteroatoms. The minimum Gasteiger partial charge on any atom is -0.509 e. The smallest absolute Gasteiger partial charge is 0.135 e. The number of pyridine rings is 2. The van der Waals surface area contributed by atoms with Gasteiger partial charge in [0.05, 0.1) is 0 Å². The third-order valence-corrected chi connectivity index (χ3v) is 13.8. The fourth-order valence-electron chi connectivity index (χ4n) is 10.2. The number of rotatable bonds is 5. The first-order valence-corrected chi connectivity index (χ1v) is 23.9. The van der Waals surface area contributed by atoms with Crippen LogP contribution in [0.25, 0.3) is 82.1 Å². The first-order chi connectivity index (χ1) is 37.8. The number of aromatic nitrogens is 4. The predicted octanol–water partition coefficient (Wildman–Crippen LogP) is 17.2. The zero-order chi connectivity index (χ0) is 56.5. The van der Waals surface area contributed by atoms with E-state index in [0.717, 1.165) is 76.7 Å². The SMILES string of the molecule is [2H]C([2H])([2H])C(c1cc(-c2cccc3c4cnccc4c4ccccc4c4cccc5c4n(c23)[CH-]N5c2[c-]c(Oc3[c-]c4c(cc3)c3ccccc3n4-c3cc(C(C)(C)C)ccn3)ccc2)cc(C(C)(C)C)c1)(C([2H])([2H])[2H])C([2H])([2H])[2H].[Pt]. The molecule has 0 aliphatic carbocycles. The average molecular weight is 1130 g/mol. The molecule has 1 aliphatic heterocycles. The van der Waals surface area contributed by atoms with Crippen LogP contribution in [0.5, 0.6) is 11.5 Å². The second kappa shape index (κ2) is 17.4. The summed E-state index contributed by atoms with van der Waals surface area (Å²) >= 11 is 0. The van der Waals surface area contributed by atoms with Crippen molar-refractivity contribution < 1.29 is 38.1 Å². The zero-order valence-electron chi connectivity index (χ0n) is 49.7. The molecule has 72 heavy (non-hydrogen) atoms. The van der Waals surface area contributed by atoms with Crippen molar-refractivity contribution in [1.29, 1.82) is 0 Å². The van der Waals surface area contributed by atoms with Crippen LogP contribution in [0.4, 0.5) is 11.4 Å². The van der Waals surface area contributed by atoms with Gasteiger partial charge in [0.1, 0.15) is 5.82 Å². The van der Waals surface area contributed by atoms with Gasteiger partial charge in [-0.2, -0.15) is 12.1 Å². The van der Waals surface area contributed by atoms with Gasteiger partial charge in [-0.3, -0.25) is 4.98 Å². The molecule has 0 saturated heterocycles. The third-order valence-electron chi connectivity index (χ3n) is 13.8. The number of anilines is 2. The molecule has 0 fully saturated rings. The van der Waals surface area contributed by atoms with Crippen molar-refractivity contribution in [3.8, 4) is 28.4 Å². The van der Waals surface area contributed by atoms with Gasteiger partial charge in [-0.15, -0.1) is 35.7 Å². The maximum atomic E-state index is 8.78. The predicted molar refractivity (Wildman–Crippen MR) is 296 cm³/mol. The van der Waals surface area contributed by atoms with Crippen LogP contribution in [0.15, 0.2) is 170 Å². The van der Waals surface area contributed by atoms with Gasteiger partial charge in [0, 0.05) is 74.7 Å². The molecule has 12 rings (SSSR count). The number of ether oxygens (including phenoxy) is 1. The number of hydrogen-bond acceptors (Lipinski definition) is 4. The van der Waals surface area contributed by atoms with E-state index < -0.39 is 31.4 Å². The number of benzene rings is 7. The summed E-state index contributed by atoms with van der Waals surface area (Å²) in [6.45, 7) is 3.91. The van der Waals surface area contributed by atoms with Crippen LogP contribution in [-0.4, -0.2) is 19.1 Å². The fourth-order valence-corrected chi connectivity index (χ4v) is 10.2. The van der Waals surface area contributed by atoms with Gasteiger partial charge in [0.25, 0.3) is 0 Å². The normalized spacial score (nSPS) is 15.1. The summed E-state index contributed by atoms with van der Waals surface area (Å²) in [6.07, 6.45) is 5.46. The molecule has 0 saturated carbocycles. The monoisotopic (exact) mass is 1130 g/mol. The summed E-state index contributed by atoms with van der Waals surface area (Å²) in [5, 5.41) is 7.41. The molecule has 0 bridgehead atoms. The minimum absolute atomic E-state index is 0. The standard InChI is InChI=1S/C65H56N5O.Pt/c1-63(2,3)42-29-32-67-60(36-42)70-57-25-13-12-21-52(57)53-28-27-47(38-59(53)70)71-46-18-14-17-45(37-46)68-40-69-61-48(41-33-43(64(4,5)6)35-44(34-41)65(7,8)9)22-15-23-55(61)56-39-66-31-30-51(56)49-19-10-11-20-50(49)54-24-16-26-58(68)62(54)69;/h10-36,39-40H,1-9H3;/q-3;/i4D3,5D3,6D3;. The van der Waals surface area contributed by atoms with Gasteiger partial charge >= 0.3 is 0 Å². The Morgan fingerprint density at radius 1 is 0.542 bits per heavy atom. The van der Waals surface area contributed by atoms with Crippen LogP contribution in [-0.2, 0) is 37.3 Å². The molecule has 5 heterocycles. The van der Waals surface area contributed by atoms with Gasteiger partial charge in [0.2, 0.25) is 0 Å². The Morgan fingerprint density at radius 2 is 1.19 bits per heavy atom. The number of nitrogens with zero attached hydrogens (tertiary/aromatic N) is 5. The van der Waals surface area contributed by atoms with Gasteiger partial charge in [-0.05, 0) is 130 Å². The summed E-state index contributed by atoms with van der Waals surface area (Å²) < 4.78 is 90.0. The molecule has 0 N–H and O–H groups in total. The molecular weight excluding hydrogens is 1060 g/mol. The number of hydrogen-bond donors (Lipinski definition) is 0. The van der Waals surface area contributed by atoms with Crippen molar-refractivity contribution in [2.45, 2.75) is 78.3 Å². The van der Waals surface area contributed by atoms with E-state index in [-0.39, 0.29) is 32.0 Å². The number of fused-ring (bicyclic) bond motifs is 10. The van der Waals surface area contributed by atoms with Crippen LogP contribution >= 0.6 is 0 Å². The van der Waals surface area contributed by atoms with Crippen molar-refractivity contribution in [3.05, 3.63) is 206 Å². The van der Waals surface area contributed by atoms with E-state index in [4.69, 9.17) is 22.1 Å². The first kappa shape index (κ1) is 37.4. The van der Waals surface area contributed by atoms with Gasteiger partial charge in [-0.25, -0.2) is 4.98 Å². The Hall–Kier alpha value is -7.40. The molecule has 0 unspecified atom stereocenters. The van der Waals surface area contributed by atoms with Crippen molar-refractivity contribution in [1.82, 2.24) is 19.1 Å². The van der Waals surface area contributed by atoms with E-state index in [1.54, 1.807) is 6.20 Å². The summed E-state index contributed by atoms with van der Waals surface area (Å²) in [7, 11) is 0. The maximum absolute atomic E-state index is 8.78. The molecule has 6 nitrogen and oxygen atoms in total. The van der Waals surface area contributed by atoms with Crippen molar-refractivity contribution in [2.75, 3.05) is 4.90 Å². The summed E-state index contributed by atoms with van der Waals surface area (Å²) in [5.74, 6) is 1.71. The van der Waals surface area contributed by atoms with Crippen LogP contribution in [0, 0.1) is 18.8 Å². The molecule has 0 radical (unpaired) electrons. The molecule has 4 aromatic heterocycles. The first-order valence-electron chi connectivity index (χ1n) is 28.4. The zero-order valence-corrected chi connectivity index (χ0v) is 43.0. The molecule has 0 amide bonds. The minimum atomic E-state index is -3.48. The molecule has 7 aromatic carbocycles. The van der Waals surface area contributed by atoms with E-state index in [0.29, 0.717) is 39.4 Å². The van der Waals surface area contributed by atoms with Crippen LogP contribution < -0.4 is 9.64 Å². The van der Waals surface area contributed by atoms with E-state index >= 15 is 0 Å². The van der Waals surface area contributed by atoms with E-state index in [2.05, 4.69) is 100 Å². The van der Waals surface area contributed by atoms with E-state index in [1.165, 1.54) is 12.1 Å². The van der Waals surface area contributed by atoms with Crippen LogP contribution in [0.3, 0.4) is 0 Å². The van der Waals surface area contributed by atoms with Crippen molar-refractivity contribution >= 4 is 76.5 Å². The Morgan fingerprint density at radius 3 is 1.96 bits per heavy atom. The van der Waals surface area contributed by atoms with Crippen LogP contribution in [0.2, 0.25) is 0 Å². The molecule has 0 spiro atoms. The van der Waals surface area contributed by atoms with Gasteiger partial charge in [0.15, 0.2) is 0 Å². The summed E-state index contributed by atoms with van der Waals surface area (Å²) in [4.78, 5) is 11.6. The quantitative estimate of drug-likeness (QED) is 0.161. The topological polar surface area (TPSA) is 48.1 Å².